The van der Waals surface area contributed by atoms with Crippen LogP contribution in [0.5, 0.6) is 5.75 Å². The lowest BCUT2D eigenvalue weighted by molar-refractivity contribution is -0.108. The molecule has 2 heterocycles. The summed E-state index contributed by atoms with van der Waals surface area (Å²) < 4.78 is 45.4. The fraction of sp³-hybridized carbons (Fsp3) is 0.462. The van der Waals surface area contributed by atoms with Gasteiger partial charge in [-0.3, -0.25) is 5.01 Å². The van der Waals surface area contributed by atoms with Gasteiger partial charge in [0.25, 0.3) is 0 Å². The highest BCUT2D eigenvalue weighted by molar-refractivity contribution is 5.95. The number of carbonyl (C=O) groups is 1. The predicted octanol–water partition coefficient (Wildman–Crippen LogP) is 5.49. The molecule has 0 aliphatic carbocycles. The molecule has 0 spiro atoms. The Bertz CT molecular complexity index is 1010. The molecule has 182 valence electrons. The molecule has 2 aromatic rings. The number of hydrogen-bond acceptors (Lipinski definition) is 5. The van der Waals surface area contributed by atoms with Gasteiger partial charge in [-0.1, -0.05) is 25.1 Å². The molecule has 8 heteroatoms. The Hall–Kier alpha value is -3.03. The molecule has 4 rings (SSSR count). The Labute approximate surface area is 198 Å². The fourth-order valence-corrected chi connectivity index (χ4v) is 4.96. The van der Waals surface area contributed by atoms with Crippen LogP contribution in [0.2, 0.25) is 0 Å². The molecule has 0 bridgehead atoms. The van der Waals surface area contributed by atoms with Gasteiger partial charge >= 0.3 is 6.18 Å². The second kappa shape index (κ2) is 10.1. The molecule has 0 N–H and O–H groups in total. The maximum atomic E-state index is 13.4. The molecule has 1 saturated heterocycles. The zero-order valence-corrected chi connectivity index (χ0v) is 19.5. The number of nitrogens with zero attached hydrogens (tertiary/aromatic N) is 3. The molecular weight excluding hydrogens is 443 g/mol. The second-order valence-electron chi connectivity index (χ2n) is 9.09. The number of benzene rings is 2. The van der Waals surface area contributed by atoms with Gasteiger partial charge in [-0.25, -0.2) is 0 Å². The van der Waals surface area contributed by atoms with E-state index in [9.17, 15) is 18.0 Å². The van der Waals surface area contributed by atoms with Crippen LogP contribution >= 0.6 is 0 Å². The van der Waals surface area contributed by atoms with E-state index in [0.717, 1.165) is 43.7 Å². The van der Waals surface area contributed by atoms with E-state index in [4.69, 9.17) is 4.74 Å². The average Bonchev–Trinajstić information content (AvgIpc) is 3.17. The highest BCUT2D eigenvalue weighted by atomic mass is 19.4. The van der Waals surface area contributed by atoms with E-state index in [1.54, 1.807) is 7.11 Å². The Balaban J connectivity index is 1.38. The Morgan fingerprint density at radius 3 is 2.41 bits per heavy atom. The Morgan fingerprint density at radius 2 is 1.79 bits per heavy atom. The summed E-state index contributed by atoms with van der Waals surface area (Å²) in [4.78, 5) is 13.5. The van der Waals surface area contributed by atoms with Crippen molar-refractivity contribution in [3.8, 4) is 5.75 Å². The van der Waals surface area contributed by atoms with Crippen LogP contribution in [0, 0.1) is 11.8 Å². The molecule has 0 radical (unpaired) electrons. The zero-order valence-electron chi connectivity index (χ0n) is 19.5. The number of ether oxygens (including phenoxy) is 1. The summed E-state index contributed by atoms with van der Waals surface area (Å²) in [5.41, 5.74) is 2.08. The number of methoxy groups -OCH3 is 1. The van der Waals surface area contributed by atoms with E-state index >= 15 is 0 Å². The lowest BCUT2D eigenvalue weighted by Crippen LogP contribution is -2.35. The van der Waals surface area contributed by atoms with Crippen LogP contribution in [0.25, 0.3) is 0 Å². The van der Waals surface area contributed by atoms with Crippen LogP contribution in [0.4, 0.5) is 24.5 Å². The van der Waals surface area contributed by atoms with Crippen molar-refractivity contribution in [2.24, 2.45) is 16.9 Å². The number of rotatable bonds is 7. The monoisotopic (exact) mass is 473 g/mol. The van der Waals surface area contributed by atoms with E-state index in [-0.39, 0.29) is 6.42 Å². The highest BCUT2D eigenvalue weighted by Crippen LogP contribution is 2.36. The summed E-state index contributed by atoms with van der Waals surface area (Å²) in [7, 11) is 1.67. The number of anilines is 2. The van der Waals surface area contributed by atoms with Gasteiger partial charge < -0.3 is 14.4 Å². The first-order valence-corrected chi connectivity index (χ1v) is 11.7. The highest BCUT2D eigenvalue weighted by Gasteiger charge is 2.48. The summed E-state index contributed by atoms with van der Waals surface area (Å²) in [6, 6.07) is 15.0. The molecule has 1 unspecified atom stereocenters. The SMILES string of the molecule is COc1cccc(N2CCC(Cc3ccc(N4N=C(C(F)(F)F)C(C)[C@@H]4CC=O)cc3)CC2)c1. The summed E-state index contributed by atoms with van der Waals surface area (Å²) in [5, 5.41) is 5.22. The predicted molar refractivity (Wildman–Crippen MR) is 128 cm³/mol. The third kappa shape index (κ3) is 5.21. The molecule has 0 amide bonds. The van der Waals surface area contributed by atoms with Crippen molar-refractivity contribution in [1.29, 1.82) is 0 Å². The molecular formula is C26H30F3N3O2. The first kappa shape index (κ1) is 24.1. The third-order valence-corrected chi connectivity index (χ3v) is 6.92. The summed E-state index contributed by atoms with van der Waals surface area (Å²) >= 11 is 0. The van der Waals surface area contributed by atoms with Gasteiger partial charge in [0.2, 0.25) is 0 Å². The summed E-state index contributed by atoms with van der Waals surface area (Å²) in [5.74, 6) is 0.547. The molecule has 1 fully saturated rings. The number of aldehydes is 1. The van der Waals surface area contributed by atoms with Crippen molar-refractivity contribution in [1.82, 2.24) is 0 Å². The minimum Gasteiger partial charge on any atom is -0.497 e. The first-order valence-electron chi connectivity index (χ1n) is 11.7. The molecule has 0 aromatic heterocycles. The third-order valence-electron chi connectivity index (χ3n) is 6.92. The lowest BCUT2D eigenvalue weighted by Gasteiger charge is -2.34. The van der Waals surface area contributed by atoms with Crippen molar-refractivity contribution in [3.63, 3.8) is 0 Å². The van der Waals surface area contributed by atoms with Crippen molar-refractivity contribution >= 4 is 23.4 Å². The molecule has 2 aliphatic heterocycles. The quantitative estimate of drug-likeness (QED) is 0.499. The topological polar surface area (TPSA) is 45.1 Å². The zero-order chi connectivity index (χ0) is 24.3. The van der Waals surface area contributed by atoms with Gasteiger partial charge in [0, 0.05) is 37.2 Å². The smallest absolute Gasteiger partial charge is 0.431 e. The maximum Gasteiger partial charge on any atom is 0.431 e. The number of hydrazone groups is 1. The van der Waals surface area contributed by atoms with E-state index in [0.29, 0.717) is 17.9 Å². The van der Waals surface area contributed by atoms with Gasteiger partial charge in [0.05, 0.1) is 18.8 Å². The standard InChI is InChI=1S/C26H30F3N3O2/c1-18-24(12-15-33)32(30-25(18)26(27,28)29)21-8-6-19(7-9-21)16-20-10-13-31(14-11-20)22-4-3-5-23(17-22)34-2/h3-9,15,17-18,20,24H,10-14,16H2,1-2H3/t18?,24-/m0/s1. The number of hydrogen-bond donors (Lipinski definition) is 0. The van der Waals surface area contributed by atoms with E-state index in [1.165, 1.54) is 17.6 Å². The van der Waals surface area contributed by atoms with Gasteiger partial charge in [0.1, 0.15) is 17.7 Å². The minimum atomic E-state index is -4.50. The largest absolute Gasteiger partial charge is 0.497 e. The molecule has 5 nitrogen and oxygen atoms in total. The van der Waals surface area contributed by atoms with E-state index in [1.807, 2.05) is 36.4 Å². The fourth-order valence-electron chi connectivity index (χ4n) is 4.96. The van der Waals surface area contributed by atoms with Gasteiger partial charge in [0.15, 0.2) is 0 Å². The van der Waals surface area contributed by atoms with E-state index in [2.05, 4.69) is 22.1 Å². The molecule has 0 saturated carbocycles. The van der Waals surface area contributed by atoms with Crippen molar-refractivity contribution in [3.05, 3.63) is 54.1 Å². The van der Waals surface area contributed by atoms with Gasteiger partial charge in [-0.05, 0) is 55.0 Å². The van der Waals surface area contributed by atoms with Crippen molar-refractivity contribution in [2.75, 3.05) is 30.1 Å². The maximum absolute atomic E-state index is 13.4. The molecule has 2 aliphatic rings. The van der Waals surface area contributed by atoms with Gasteiger partial charge in [-0.2, -0.15) is 18.3 Å². The molecule has 2 aromatic carbocycles. The lowest BCUT2D eigenvalue weighted by atomic mass is 9.90. The average molecular weight is 474 g/mol. The van der Waals surface area contributed by atoms with Crippen LogP contribution in [0.15, 0.2) is 53.6 Å². The Morgan fingerprint density at radius 1 is 1.09 bits per heavy atom. The number of alkyl halides is 3. The Kier molecular flexibility index (Phi) is 7.14. The van der Waals surface area contributed by atoms with Crippen molar-refractivity contribution < 1.29 is 22.7 Å². The summed E-state index contributed by atoms with van der Waals surface area (Å²) in [6.07, 6.45) is -0.772. The second-order valence-corrected chi connectivity index (χ2v) is 9.09. The number of carbonyl (C=O) groups excluding carboxylic acids is 1. The van der Waals surface area contributed by atoms with Gasteiger partial charge in [-0.15, -0.1) is 0 Å². The normalized spacial score (nSPS) is 21.5. The molecule has 34 heavy (non-hydrogen) atoms. The minimum absolute atomic E-state index is 0.00212. The van der Waals surface area contributed by atoms with Crippen LogP contribution in [0.3, 0.4) is 0 Å². The van der Waals surface area contributed by atoms with Crippen LogP contribution in [-0.2, 0) is 11.2 Å². The number of piperidine rings is 1. The summed E-state index contributed by atoms with van der Waals surface area (Å²) in [6.45, 7) is 3.43. The first-order chi connectivity index (χ1) is 16.3. The van der Waals surface area contributed by atoms with Crippen LogP contribution < -0.4 is 14.6 Å². The van der Waals surface area contributed by atoms with Crippen LogP contribution in [-0.4, -0.2) is 44.4 Å². The van der Waals surface area contributed by atoms with E-state index < -0.39 is 23.8 Å². The van der Waals surface area contributed by atoms with Crippen molar-refractivity contribution in [2.45, 2.75) is 44.8 Å². The molecule has 2 atom stereocenters. The van der Waals surface area contributed by atoms with Crippen LogP contribution in [0.1, 0.15) is 31.7 Å². The number of halogens is 3.